The van der Waals surface area contributed by atoms with Gasteiger partial charge in [-0.05, 0) is 24.3 Å². The fourth-order valence-electron chi connectivity index (χ4n) is 2.75. The van der Waals surface area contributed by atoms with E-state index in [4.69, 9.17) is 4.74 Å². The smallest absolute Gasteiger partial charge is 0.223 e. The lowest BCUT2D eigenvalue weighted by atomic mass is 10.0. The molecular formula is C16H23ClN2O2. The normalized spacial score (nSPS) is 23.0. The van der Waals surface area contributed by atoms with E-state index in [-0.39, 0.29) is 30.5 Å². The van der Waals surface area contributed by atoms with Crippen LogP contribution in [-0.2, 0) is 9.53 Å². The zero-order valence-corrected chi connectivity index (χ0v) is 12.9. The van der Waals surface area contributed by atoms with E-state index in [1.807, 2.05) is 18.2 Å². The van der Waals surface area contributed by atoms with E-state index in [0.717, 1.165) is 13.1 Å². The summed E-state index contributed by atoms with van der Waals surface area (Å²) in [7, 11) is 0. The van der Waals surface area contributed by atoms with Crippen LogP contribution in [0.4, 0.5) is 0 Å². The third-order valence-electron chi connectivity index (χ3n) is 3.99. The quantitative estimate of drug-likeness (QED) is 0.875. The Bertz CT molecular complexity index is 445. The van der Waals surface area contributed by atoms with Crippen LogP contribution in [-0.4, -0.2) is 31.7 Å². The van der Waals surface area contributed by atoms with Crippen LogP contribution in [0.3, 0.4) is 0 Å². The predicted octanol–water partition coefficient (Wildman–Crippen LogP) is 2.05. The second kappa shape index (κ2) is 7.78. The summed E-state index contributed by atoms with van der Waals surface area (Å²) in [6.45, 7) is 2.35. The number of rotatable bonds is 5. The maximum atomic E-state index is 12.2. The molecular weight excluding hydrogens is 288 g/mol. The summed E-state index contributed by atoms with van der Waals surface area (Å²) in [5, 5.41) is 6.45. The fraction of sp³-hybridized carbons (Fsp3) is 0.562. The minimum atomic E-state index is 0. The number of halogens is 1. The van der Waals surface area contributed by atoms with E-state index < -0.39 is 0 Å². The second-order valence-corrected chi connectivity index (χ2v) is 5.69. The Balaban J connectivity index is 0.00000161. The zero-order chi connectivity index (χ0) is 13.8. The van der Waals surface area contributed by atoms with Crippen LogP contribution in [0.15, 0.2) is 30.3 Å². The van der Waals surface area contributed by atoms with Gasteiger partial charge in [-0.1, -0.05) is 30.3 Å². The van der Waals surface area contributed by atoms with Gasteiger partial charge in [0.15, 0.2) is 0 Å². The van der Waals surface area contributed by atoms with Gasteiger partial charge in [0, 0.05) is 13.1 Å². The molecule has 21 heavy (non-hydrogen) atoms. The number of ether oxygens (including phenoxy) is 1. The molecule has 1 saturated heterocycles. The molecule has 5 heteroatoms. The summed E-state index contributed by atoms with van der Waals surface area (Å²) in [4.78, 5) is 12.2. The van der Waals surface area contributed by atoms with Gasteiger partial charge < -0.3 is 15.4 Å². The summed E-state index contributed by atoms with van der Waals surface area (Å²) in [6.07, 6.45) is 2.88. The highest BCUT2D eigenvalue weighted by Crippen LogP contribution is 2.40. The molecule has 1 aliphatic carbocycles. The largest absolute Gasteiger partial charge is 0.375 e. The Morgan fingerprint density at radius 3 is 2.71 bits per heavy atom. The molecule has 0 aromatic heterocycles. The molecule has 1 aromatic rings. The lowest BCUT2D eigenvalue weighted by Gasteiger charge is -2.25. The van der Waals surface area contributed by atoms with Crippen molar-refractivity contribution in [1.29, 1.82) is 0 Å². The molecule has 1 saturated carbocycles. The minimum Gasteiger partial charge on any atom is -0.375 e. The highest BCUT2D eigenvalue weighted by Gasteiger charge is 2.33. The first-order valence-corrected chi connectivity index (χ1v) is 7.49. The van der Waals surface area contributed by atoms with Crippen LogP contribution in [0.1, 0.15) is 30.9 Å². The molecule has 0 bridgehead atoms. The molecule has 4 nitrogen and oxygen atoms in total. The second-order valence-electron chi connectivity index (χ2n) is 5.69. The van der Waals surface area contributed by atoms with Gasteiger partial charge in [-0.25, -0.2) is 0 Å². The molecule has 2 aliphatic rings. The van der Waals surface area contributed by atoms with E-state index in [1.54, 1.807) is 0 Å². The Hall–Kier alpha value is -1.10. The monoisotopic (exact) mass is 310 g/mol. The molecule has 1 aromatic carbocycles. The number of nitrogens with one attached hydrogen (secondary N) is 2. The van der Waals surface area contributed by atoms with E-state index in [1.165, 1.54) is 18.4 Å². The minimum absolute atomic E-state index is 0. The molecule has 116 valence electrons. The summed E-state index contributed by atoms with van der Waals surface area (Å²) >= 11 is 0. The summed E-state index contributed by atoms with van der Waals surface area (Å²) in [6, 6.07) is 10.4. The first-order chi connectivity index (χ1) is 9.83. The van der Waals surface area contributed by atoms with Crippen LogP contribution in [0.2, 0.25) is 0 Å². The molecule has 2 fully saturated rings. The molecule has 2 unspecified atom stereocenters. The van der Waals surface area contributed by atoms with Gasteiger partial charge in [0.2, 0.25) is 5.91 Å². The van der Waals surface area contributed by atoms with E-state index in [9.17, 15) is 4.79 Å². The standard InChI is InChI=1S/C16H22N2O2.ClH/c19-15(10-14-11-17-8-9-20-14)18-16(13-6-7-13)12-4-2-1-3-5-12;/h1-5,13-14,16-17H,6-11H2,(H,18,19);1H. The van der Waals surface area contributed by atoms with Crippen molar-refractivity contribution in [1.82, 2.24) is 10.6 Å². The SMILES string of the molecule is Cl.O=C(CC1CNCCO1)NC(c1ccccc1)C1CC1. The predicted molar refractivity (Wildman–Crippen MR) is 84.5 cm³/mol. The van der Waals surface area contributed by atoms with E-state index in [0.29, 0.717) is 18.9 Å². The number of amides is 1. The summed E-state index contributed by atoms with van der Waals surface area (Å²) in [5.41, 5.74) is 1.21. The highest BCUT2D eigenvalue weighted by molar-refractivity contribution is 5.85. The fourth-order valence-corrected chi connectivity index (χ4v) is 2.75. The lowest BCUT2D eigenvalue weighted by molar-refractivity contribution is -0.125. The number of hydrogen-bond donors (Lipinski definition) is 2. The molecule has 0 spiro atoms. The van der Waals surface area contributed by atoms with Gasteiger partial charge in [-0.15, -0.1) is 12.4 Å². The zero-order valence-electron chi connectivity index (χ0n) is 12.1. The van der Waals surface area contributed by atoms with Crippen LogP contribution in [0.25, 0.3) is 0 Å². The van der Waals surface area contributed by atoms with Crippen molar-refractivity contribution in [2.45, 2.75) is 31.4 Å². The Morgan fingerprint density at radius 2 is 2.10 bits per heavy atom. The molecule has 1 heterocycles. The lowest BCUT2D eigenvalue weighted by Crippen LogP contribution is -2.42. The third-order valence-corrected chi connectivity index (χ3v) is 3.99. The van der Waals surface area contributed by atoms with Crippen LogP contribution >= 0.6 is 12.4 Å². The Labute approximate surface area is 132 Å². The highest BCUT2D eigenvalue weighted by atomic mass is 35.5. The van der Waals surface area contributed by atoms with E-state index in [2.05, 4.69) is 22.8 Å². The number of carbonyl (C=O) groups excluding carboxylic acids is 1. The number of hydrogen-bond acceptors (Lipinski definition) is 3. The summed E-state index contributed by atoms with van der Waals surface area (Å²) in [5.74, 6) is 0.700. The maximum Gasteiger partial charge on any atom is 0.223 e. The first kappa shape index (κ1) is 16.3. The molecule has 2 atom stereocenters. The molecule has 3 rings (SSSR count). The van der Waals surface area contributed by atoms with Gasteiger partial charge in [0.05, 0.1) is 25.2 Å². The van der Waals surface area contributed by atoms with Gasteiger partial charge in [0.1, 0.15) is 0 Å². The average molecular weight is 311 g/mol. The van der Waals surface area contributed by atoms with Crippen molar-refractivity contribution < 1.29 is 9.53 Å². The van der Waals surface area contributed by atoms with Crippen molar-refractivity contribution in [3.8, 4) is 0 Å². The van der Waals surface area contributed by atoms with Crippen molar-refractivity contribution in [3.63, 3.8) is 0 Å². The molecule has 1 amide bonds. The van der Waals surface area contributed by atoms with Gasteiger partial charge >= 0.3 is 0 Å². The number of carbonyl (C=O) groups is 1. The van der Waals surface area contributed by atoms with Crippen molar-refractivity contribution in [3.05, 3.63) is 35.9 Å². The van der Waals surface area contributed by atoms with Crippen molar-refractivity contribution >= 4 is 18.3 Å². The van der Waals surface area contributed by atoms with Gasteiger partial charge in [-0.2, -0.15) is 0 Å². The number of benzene rings is 1. The average Bonchev–Trinajstić information content (AvgIpc) is 3.31. The molecule has 1 aliphatic heterocycles. The van der Waals surface area contributed by atoms with Crippen molar-refractivity contribution in [2.24, 2.45) is 5.92 Å². The first-order valence-electron chi connectivity index (χ1n) is 7.49. The Kier molecular flexibility index (Phi) is 6.03. The van der Waals surface area contributed by atoms with Crippen LogP contribution in [0, 0.1) is 5.92 Å². The Morgan fingerprint density at radius 1 is 1.33 bits per heavy atom. The van der Waals surface area contributed by atoms with Crippen LogP contribution < -0.4 is 10.6 Å². The molecule has 0 radical (unpaired) electrons. The summed E-state index contributed by atoms with van der Waals surface area (Å²) < 4.78 is 5.59. The van der Waals surface area contributed by atoms with Crippen molar-refractivity contribution in [2.75, 3.05) is 19.7 Å². The molecule has 2 N–H and O–H groups in total. The van der Waals surface area contributed by atoms with Gasteiger partial charge in [-0.3, -0.25) is 4.79 Å². The topological polar surface area (TPSA) is 50.4 Å². The van der Waals surface area contributed by atoms with Crippen LogP contribution in [0.5, 0.6) is 0 Å². The number of morpholine rings is 1. The maximum absolute atomic E-state index is 12.2. The third kappa shape index (κ3) is 4.70. The van der Waals surface area contributed by atoms with E-state index >= 15 is 0 Å². The van der Waals surface area contributed by atoms with Gasteiger partial charge in [0.25, 0.3) is 0 Å².